The number of hydrogen-bond donors (Lipinski definition) is 2. The van der Waals surface area contributed by atoms with E-state index in [0.29, 0.717) is 12.0 Å². The molecule has 6 heteroatoms. The third-order valence-corrected chi connectivity index (χ3v) is 5.26. The molecule has 2 nitrogen and oxygen atoms in total. The number of hydrogen-bond acceptors (Lipinski definition) is 2. The van der Waals surface area contributed by atoms with Gasteiger partial charge in [-0.25, -0.2) is 8.78 Å². The second kappa shape index (κ2) is 7.63. The topological polar surface area (TPSA) is 40.5 Å². The van der Waals surface area contributed by atoms with Crippen molar-refractivity contribution in [2.75, 3.05) is 0 Å². The molecule has 2 N–H and O–H groups in total. The van der Waals surface area contributed by atoms with Crippen molar-refractivity contribution in [2.45, 2.75) is 32.0 Å². The SMILES string of the molecule is C=CC(O)c1c(F)c(F)c(C(O)C(=C)CCC)c(Br)c1Br. The number of halogens is 4. The first-order valence-electron chi connectivity index (χ1n) is 6.29. The van der Waals surface area contributed by atoms with E-state index in [1.54, 1.807) is 0 Å². The summed E-state index contributed by atoms with van der Waals surface area (Å²) in [6.45, 7) is 8.94. The molecule has 0 saturated carbocycles. The Morgan fingerprint density at radius 3 is 2.14 bits per heavy atom. The Labute approximate surface area is 139 Å². The third kappa shape index (κ3) is 3.62. The van der Waals surface area contributed by atoms with Crippen molar-refractivity contribution in [3.8, 4) is 0 Å². The molecule has 0 heterocycles. The average molecular weight is 426 g/mol. The molecule has 0 aromatic heterocycles. The fourth-order valence-electron chi connectivity index (χ4n) is 1.95. The number of aliphatic hydroxyl groups is 2. The summed E-state index contributed by atoms with van der Waals surface area (Å²) in [5.74, 6) is -2.44. The average Bonchev–Trinajstić information content (AvgIpc) is 2.45. The van der Waals surface area contributed by atoms with Crippen LogP contribution in [-0.4, -0.2) is 10.2 Å². The van der Waals surface area contributed by atoms with Gasteiger partial charge in [-0.05, 0) is 43.9 Å². The van der Waals surface area contributed by atoms with Crippen LogP contribution in [0.15, 0.2) is 33.8 Å². The van der Waals surface area contributed by atoms with Crippen molar-refractivity contribution < 1.29 is 19.0 Å². The summed E-state index contributed by atoms with van der Waals surface area (Å²) in [5.41, 5.74) is -0.121. The van der Waals surface area contributed by atoms with Crippen LogP contribution in [0.5, 0.6) is 0 Å². The minimum atomic E-state index is -1.37. The van der Waals surface area contributed by atoms with E-state index in [9.17, 15) is 19.0 Å². The van der Waals surface area contributed by atoms with E-state index in [4.69, 9.17) is 0 Å². The molecule has 1 rings (SSSR count). The third-order valence-electron chi connectivity index (χ3n) is 3.08. The maximum absolute atomic E-state index is 14.3. The Balaban J connectivity index is 3.50. The first kappa shape index (κ1) is 18.5. The molecule has 0 aliphatic rings. The largest absolute Gasteiger partial charge is 0.384 e. The molecule has 116 valence electrons. The second-order valence-corrected chi connectivity index (χ2v) is 6.16. The molecule has 0 amide bonds. The number of benzene rings is 1. The van der Waals surface area contributed by atoms with Crippen LogP contribution >= 0.6 is 31.9 Å². The highest BCUT2D eigenvalue weighted by Gasteiger charge is 2.29. The predicted molar refractivity (Wildman–Crippen MR) is 85.9 cm³/mol. The molecule has 0 radical (unpaired) electrons. The lowest BCUT2D eigenvalue weighted by atomic mass is 9.96. The van der Waals surface area contributed by atoms with Gasteiger partial charge in [0.2, 0.25) is 0 Å². The fourth-order valence-corrected chi connectivity index (χ4v) is 3.17. The molecule has 2 atom stereocenters. The normalized spacial score (nSPS) is 13.9. The summed E-state index contributed by atoms with van der Waals surface area (Å²) >= 11 is 6.25. The van der Waals surface area contributed by atoms with Crippen LogP contribution in [0.3, 0.4) is 0 Å². The maximum atomic E-state index is 14.3. The van der Waals surface area contributed by atoms with E-state index in [2.05, 4.69) is 45.0 Å². The molecule has 2 unspecified atom stereocenters. The highest BCUT2D eigenvalue weighted by molar-refractivity contribution is 9.13. The minimum absolute atomic E-state index is 0.132. The van der Waals surface area contributed by atoms with Gasteiger partial charge in [-0.15, -0.1) is 6.58 Å². The molecule has 0 fully saturated rings. The Bertz CT molecular complexity index is 544. The van der Waals surface area contributed by atoms with Crippen LogP contribution in [0.1, 0.15) is 43.1 Å². The lowest BCUT2D eigenvalue weighted by Crippen LogP contribution is -2.11. The molecular formula is C15H16Br2F2O2. The summed E-state index contributed by atoms with van der Waals surface area (Å²) < 4.78 is 28.7. The van der Waals surface area contributed by atoms with Gasteiger partial charge < -0.3 is 10.2 Å². The number of rotatable bonds is 6. The van der Waals surface area contributed by atoms with Gasteiger partial charge in [0.15, 0.2) is 11.6 Å². The van der Waals surface area contributed by atoms with E-state index in [0.717, 1.165) is 12.5 Å². The molecule has 0 saturated heterocycles. The van der Waals surface area contributed by atoms with Gasteiger partial charge in [-0.1, -0.05) is 26.0 Å². The van der Waals surface area contributed by atoms with Gasteiger partial charge in [0, 0.05) is 20.1 Å². The zero-order valence-electron chi connectivity index (χ0n) is 11.5. The van der Waals surface area contributed by atoms with Gasteiger partial charge in [-0.2, -0.15) is 0 Å². The molecule has 1 aromatic rings. The summed E-state index contributed by atoms with van der Waals surface area (Å²) in [6, 6.07) is 0. The monoisotopic (exact) mass is 424 g/mol. The van der Waals surface area contributed by atoms with Gasteiger partial charge in [0.1, 0.15) is 12.2 Å². The lowest BCUT2D eigenvalue weighted by Gasteiger charge is -2.20. The molecule has 21 heavy (non-hydrogen) atoms. The molecule has 0 spiro atoms. The minimum Gasteiger partial charge on any atom is -0.384 e. The second-order valence-electron chi connectivity index (χ2n) is 4.57. The lowest BCUT2D eigenvalue weighted by molar-refractivity contribution is 0.200. The fraction of sp³-hybridized carbons (Fsp3) is 0.333. The highest BCUT2D eigenvalue weighted by Crippen LogP contribution is 2.42. The summed E-state index contributed by atoms with van der Waals surface area (Å²) in [5, 5.41) is 19.9. The van der Waals surface area contributed by atoms with Gasteiger partial charge in [0.25, 0.3) is 0 Å². The highest BCUT2D eigenvalue weighted by atomic mass is 79.9. The van der Waals surface area contributed by atoms with E-state index in [1.807, 2.05) is 6.92 Å². The molecule has 1 aromatic carbocycles. The van der Waals surface area contributed by atoms with E-state index < -0.39 is 23.8 Å². The van der Waals surface area contributed by atoms with Crippen molar-refractivity contribution in [1.82, 2.24) is 0 Å². The zero-order valence-corrected chi connectivity index (χ0v) is 14.6. The summed E-state index contributed by atoms with van der Waals surface area (Å²) in [7, 11) is 0. The Morgan fingerprint density at radius 2 is 1.67 bits per heavy atom. The standard InChI is InChI=1S/C15H16Br2F2O2/c1-4-6-7(3)15(21)10-12(17)11(16)9(8(20)5-2)13(18)14(10)19/h5,8,15,20-21H,2-4,6H2,1H3. The Hall–Kier alpha value is -0.560. The van der Waals surface area contributed by atoms with Crippen LogP contribution in [0.25, 0.3) is 0 Å². The van der Waals surface area contributed by atoms with Crippen molar-refractivity contribution >= 4 is 31.9 Å². The van der Waals surface area contributed by atoms with Crippen molar-refractivity contribution in [1.29, 1.82) is 0 Å². The van der Waals surface area contributed by atoms with Crippen LogP contribution in [-0.2, 0) is 0 Å². The summed E-state index contributed by atoms with van der Waals surface area (Å²) in [6.07, 6.45) is -0.397. The molecule has 0 aliphatic carbocycles. The van der Waals surface area contributed by atoms with Gasteiger partial charge in [0.05, 0.1) is 0 Å². The van der Waals surface area contributed by atoms with Crippen LogP contribution in [0.4, 0.5) is 8.78 Å². The molecular weight excluding hydrogens is 410 g/mol. The Kier molecular flexibility index (Phi) is 6.71. The van der Waals surface area contributed by atoms with E-state index in [-0.39, 0.29) is 20.1 Å². The number of aliphatic hydroxyl groups excluding tert-OH is 2. The van der Waals surface area contributed by atoms with Crippen molar-refractivity contribution in [3.05, 3.63) is 56.5 Å². The maximum Gasteiger partial charge on any atom is 0.166 e. The molecule has 0 aliphatic heterocycles. The van der Waals surface area contributed by atoms with Crippen LogP contribution in [0, 0.1) is 11.6 Å². The van der Waals surface area contributed by atoms with E-state index in [1.165, 1.54) is 0 Å². The predicted octanol–water partition coefficient (Wildman–Crippen LogP) is 5.10. The van der Waals surface area contributed by atoms with Gasteiger partial charge in [-0.3, -0.25) is 0 Å². The summed E-state index contributed by atoms with van der Waals surface area (Å²) in [4.78, 5) is 0. The van der Waals surface area contributed by atoms with Crippen LogP contribution in [0.2, 0.25) is 0 Å². The first-order chi connectivity index (χ1) is 9.77. The van der Waals surface area contributed by atoms with E-state index >= 15 is 0 Å². The van der Waals surface area contributed by atoms with Gasteiger partial charge >= 0.3 is 0 Å². The first-order valence-corrected chi connectivity index (χ1v) is 7.88. The van der Waals surface area contributed by atoms with Crippen molar-refractivity contribution in [2.24, 2.45) is 0 Å². The van der Waals surface area contributed by atoms with Crippen LogP contribution < -0.4 is 0 Å². The van der Waals surface area contributed by atoms with Crippen molar-refractivity contribution in [3.63, 3.8) is 0 Å². The zero-order chi connectivity index (χ0) is 16.3. The quantitative estimate of drug-likeness (QED) is 0.491. The Morgan fingerprint density at radius 1 is 1.19 bits per heavy atom. The smallest absolute Gasteiger partial charge is 0.166 e. The molecule has 0 bridgehead atoms.